The summed E-state index contributed by atoms with van der Waals surface area (Å²) < 4.78 is 10.9. The van der Waals surface area contributed by atoms with Crippen molar-refractivity contribution in [2.24, 2.45) is 0 Å². The van der Waals surface area contributed by atoms with Crippen LogP contribution < -0.4 is 4.74 Å². The van der Waals surface area contributed by atoms with Gasteiger partial charge in [0, 0.05) is 18.5 Å². The molecule has 0 unspecified atom stereocenters. The summed E-state index contributed by atoms with van der Waals surface area (Å²) >= 11 is 0. The number of carbonyl (C=O) groups excluding carboxylic acids is 2. The molecule has 0 aliphatic heterocycles. The number of likely N-dealkylation sites (N-methyl/N-ethyl adjacent to an activating group) is 1. The number of hydrogen-bond acceptors (Lipinski definition) is 4. The lowest BCUT2D eigenvalue weighted by Gasteiger charge is -2.32. The fourth-order valence-corrected chi connectivity index (χ4v) is 3.84. The zero-order valence-electron chi connectivity index (χ0n) is 16.2. The third-order valence-electron chi connectivity index (χ3n) is 5.43. The van der Waals surface area contributed by atoms with E-state index in [1.165, 1.54) is 6.42 Å². The Morgan fingerprint density at radius 1 is 1.04 bits per heavy atom. The van der Waals surface area contributed by atoms with Gasteiger partial charge in [0.2, 0.25) is 0 Å². The van der Waals surface area contributed by atoms with Crippen molar-refractivity contribution < 1.29 is 19.1 Å². The van der Waals surface area contributed by atoms with Crippen LogP contribution in [0.5, 0.6) is 5.75 Å². The van der Waals surface area contributed by atoms with Gasteiger partial charge in [-0.3, -0.25) is 4.79 Å². The van der Waals surface area contributed by atoms with Crippen LogP contribution in [0.25, 0.3) is 10.8 Å². The van der Waals surface area contributed by atoms with Crippen LogP contribution in [0.2, 0.25) is 0 Å². The number of nitrogens with zero attached hydrogens (tertiary/aromatic N) is 1. The van der Waals surface area contributed by atoms with Gasteiger partial charge in [-0.2, -0.15) is 0 Å². The van der Waals surface area contributed by atoms with Gasteiger partial charge in [0.15, 0.2) is 6.10 Å². The maximum Gasteiger partial charge on any atom is 0.339 e. The van der Waals surface area contributed by atoms with E-state index in [0.29, 0.717) is 11.3 Å². The molecule has 2 aromatic rings. The van der Waals surface area contributed by atoms with Gasteiger partial charge < -0.3 is 14.4 Å². The molecule has 0 aromatic heterocycles. The van der Waals surface area contributed by atoms with Gasteiger partial charge in [-0.25, -0.2) is 4.79 Å². The molecular weight excluding hydrogens is 342 g/mol. The molecule has 144 valence electrons. The number of carbonyl (C=O) groups is 2. The van der Waals surface area contributed by atoms with Crippen LogP contribution in [-0.2, 0) is 9.53 Å². The van der Waals surface area contributed by atoms with Crippen molar-refractivity contribution in [2.45, 2.75) is 51.2 Å². The van der Waals surface area contributed by atoms with Crippen molar-refractivity contribution in [2.75, 3.05) is 14.2 Å². The third kappa shape index (κ3) is 4.07. The zero-order chi connectivity index (χ0) is 19.4. The van der Waals surface area contributed by atoms with Gasteiger partial charge in [0.05, 0.1) is 12.7 Å². The minimum Gasteiger partial charge on any atom is -0.496 e. The van der Waals surface area contributed by atoms with E-state index in [9.17, 15) is 9.59 Å². The van der Waals surface area contributed by atoms with E-state index in [0.717, 1.165) is 36.5 Å². The van der Waals surface area contributed by atoms with E-state index < -0.39 is 12.1 Å². The van der Waals surface area contributed by atoms with Crippen LogP contribution in [0.4, 0.5) is 0 Å². The summed E-state index contributed by atoms with van der Waals surface area (Å²) in [6, 6.07) is 11.2. The Kier molecular flexibility index (Phi) is 5.99. The minimum atomic E-state index is -0.815. The largest absolute Gasteiger partial charge is 0.496 e. The lowest BCUT2D eigenvalue weighted by Crippen LogP contribution is -2.44. The van der Waals surface area contributed by atoms with Crippen LogP contribution in [0.1, 0.15) is 49.4 Å². The van der Waals surface area contributed by atoms with E-state index in [-0.39, 0.29) is 11.9 Å². The Hall–Kier alpha value is -2.56. The number of fused-ring (bicyclic) bond motifs is 1. The van der Waals surface area contributed by atoms with E-state index in [1.807, 2.05) is 31.3 Å². The van der Waals surface area contributed by atoms with Gasteiger partial charge in [-0.15, -0.1) is 0 Å². The predicted molar refractivity (Wildman–Crippen MR) is 105 cm³/mol. The maximum atomic E-state index is 12.7. The molecule has 1 atom stereocenters. The Labute approximate surface area is 160 Å². The average Bonchev–Trinajstić information content (AvgIpc) is 2.72. The quantitative estimate of drug-likeness (QED) is 0.742. The van der Waals surface area contributed by atoms with Gasteiger partial charge in [0.25, 0.3) is 5.91 Å². The monoisotopic (exact) mass is 369 g/mol. The molecule has 0 spiro atoms. The van der Waals surface area contributed by atoms with Crippen molar-refractivity contribution in [3.05, 3.63) is 42.0 Å². The van der Waals surface area contributed by atoms with E-state index >= 15 is 0 Å². The zero-order valence-corrected chi connectivity index (χ0v) is 16.2. The molecule has 0 radical (unpaired) electrons. The minimum absolute atomic E-state index is 0.145. The lowest BCUT2D eigenvalue weighted by atomic mass is 9.94. The van der Waals surface area contributed by atoms with Crippen molar-refractivity contribution in [3.8, 4) is 5.75 Å². The molecular formula is C22H27NO4. The molecule has 5 heteroatoms. The highest BCUT2D eigenvalue weighted by molar-refractivity contribution is 6.07. The molecule has 0 bridgehead atoms. The van der Waals surface area contributed by atoms with Crippen molar-refractivity contribution in [1.82, 2.24) is 4.90 Å². The summed E-state index contributed by atoms with van der Waals surface area (Å²) in [5.74, 6) is 0.0584. The molecule has 27 heavy (non-hydrogen) atoms. The van der Waals surface area contributed by atoms with Crippen LogP contribution >= 0.6 is 0 Å². The second kappa shape index (κ2) is 8.42. The number of amides is 1. The smallest absolute Gasteiger partial charge is 0.339 e. The molecule has 1 saturated carbocycles. The molecule has 3 rings (SSSR count). The van der Waals surface area contributed by atoms with Gasteiger partial charge in [0.1, 0.15) is 5.75 Å². The first kappa shape index (κ1) is 19.2. The van der Waals surface area contributed by atoms with Crippen molar-refractivity contribution >= 4 is 22.6 Å². The third-order valence-corrected chi connectivity index (χ3v) is 5.43. The highest BCUT2D eigenvalue weighted by atomic mass is 16.5. The van der Waals surface area contributed by atoms with Crippen LogP contribution in [0.3, 0.4) is 0 Å². The summed E-state index contributed by atoms with van der Waals surface area (Å²) in [4.78, 5) is 27.2. The molecule has 1 fully saturated rings. The number of esters is 1. The second-order valence-electron chi connectivity index (χ2n) is 7.15. The maximum absolute atomic E-state index is 12.7. The topological polar surface area (TPSA) is 55.8 Å². The average molecular weight is 369 g/mol. The molecule has 5 nitrogen and oxygen atoms in total. The predicted octanol–water partition coefficient (Wildman–Crippen LogP) is 4.18. The molecule has 0 heterocycles. The Morgan fingerprint density at radius 3 is 2.37 bits per heavy atom. The summed E-state index contributed by atoms with van der Waals surface area (Å²) in [5, 5.41) is 1.59. The van der Waals surface area contributed by atoms with E-state index in [2.05, 4.69) is 0 Å². The number of methoxy groups -OCH3 is 1. The van der Waals surface area contributed by atoms with Gasteiger partial charge >= 0.3 is 5.97 Å². The SMILES string of the molecule is COc1ccc(C(=O)O[C@H](C)C(=O)N(C)C2CCCCC2)c2ccccc12. The molecule has 0 N–H and O–H groups in total. The number of ether oxygens (including phenoxy) is 2. The molecule has 1 aliphatic carbocycles. The highest BCUT2D eigenvalue weighted by Crippen LogP contribution is 2.29. The Bertz CT molecular complexity index is 826. The molecule has 1 aliphatic rings. The second-order valence-corrected chi connectivity index (χ2v) is 7.15. The normalized spacial score (nSPS) is 16.0. The summed E-state index contributed by atoms with van der Waals surface area (Å²) in [6.07, 6.45) is 4.75. The number of rotatable bonds is 5. The van der Waals surface area contributed by atoms with Crippen molar-refractivity contribution in [3.63, 3.8) is 0 Å². The fourth-order valence-electron chi connectivity index (χ4n) is 3.84. The molecule has 1 amide bonds. The Morgan fingerprint density at radius 2 is 1.70 bits per heavy atom. The first-order valence-corrected chi connectivity index (χ1v) is 9.56. The van der Waals surface area contributed by atoms with Gasteiger partial charge in [-0.1, -0.05) is 43.5 Å². The number of benzene rings is 2. The lowest BCUT2D eigenvalue weighted by molar-refractivity contribution is -0.141. The number of hydrogen-bond donors (Lipinski definition) is 0. The first-order chi connectivity index (χ1) is 13.0. The van der Waals surface area contributed by atoms with Crippen LogP contribution in [0.15, 0.2) is 36.4 Å². The summed E-state index contributed by atoms with van der Waals surface area (Å²) in [5.41, 5.74) is 0.436. The molecule has 2 aromatic carbocycles. The van der Waals surface area contributed by atoms with Crippen LogP contribution in [0, 0.1) is 0 Å². The van der Waals surface area contributed by atoms with E-state index in [1.54, 1.807) is 31.1 Å². The summed E-state index contributed by atoms with van der Waals surface area (Å²) in [6.45, 7) is 1.64. The standard InChI is InChI=1S/C22H27NO4/c1-15(21(24)23(2)16-9-5-4-6-10-16)27-22(25)19-13-14-20(26-3)18-12-8-7-11-17(18)19/h7-8,11-16H,4-6,9-10H2,1-3H3/t15-/m1/s1. The summed E-state index contributed by atoms with van der Waals surface area (Å²) in [7, 11) is 3.41. The molecule has 0 saturated heterocycles. The van der Waals surface area contributed by atoms with Crippen LogP contribution in [-0.4, -0.2) is 43.1 Å². The van der Waals surface area contributed by atoms with E-state index in [4.69, 9.17) is 9.47 Å². The van der Waals surface area contributed by atoms with Gasteiger partial charge in [-0.05, 0) is 37.3 Å². The fraction of sp³-hybridized carbons (Fsp3) is 0.455. The Balaban J connectivity index is 1.75. The van der Waals surface area contributed by atoms with Crippen molar-refractivity contribution in [1.29, 1.82) is 0 Å². The first-order valence-electron chi connectivity index (χ1n) is 9.56. The highest BCUT2D eigenvalue weighted by Gasteiger charge is 2.28.